The lowest BCUT2D eigenvalue weighted by molar-refractivity contribution is -0.137. The SMILES string of the molecule is O=C(Nc1cccc(C(F)(F)F)c1)c1cnc(NC2CCCCC2)cn1. The van der Waals surface area contributed by atoms with Crippen LogP contribution in [0.5, 0.6) is 0 Å². The molecular formula is C18H19F3N4O. The number of nitrogens with one attached hydrogen (secondary N) is 2. The van der Waals surface area contributed by atoms with E-state index in [9.17, 15) is 18.0 Å². The van der Waals surface area contributed by atoms with Gasteiger partial charge in [0.1, 0.15) is 11.5 Å². The van der Waals surface area contributed by atoms with E-state index >= 15 is 0 Å². The van der Waals surface area contributed by atoms with Crippen LogP contribution in [0, 0.1) is 0 Å². The molecule has 1 amide bonds. The topological polar surface area (TPSA) is 66.9 Å². The average Bonchev–Trinajstić information content (AvgIpc) is 2.63. The Bertz CT molecular complexity index is 756. The summed E-state index contributed by atoms with van der Waals surface area (Å²) in [5.41, 5.74) is -0.735. The van der Waals surface area contributed by atoms with Crippen molar-refractivity contribution in [1.82, 2.24) is 9.97 Å². The van der Waals surface area contributed by atoms with Crippen LogP contribution in [0.3, 0.4) is 0 Å². The Labute approximate surface area is 149 Å². The van der Waals surface area contributed by atoms with Gasteiger partial charge in [-0.3, -0.25) is 4.79 Å². The Balaban J connectivity index is 1.63. The number of carbonyl (C=O) groups excluding carboxylic acids is 1. The molecule has 0 bridgehead atoms. The van der Waals surface area contributed by atoms with Gasteiger partial charge in [0.25, 0.3) is 5.91 Å². The predicted molar refractivity (Wildman–Crippen MR) is 91.9 cm³/mol. The molecule has 1 heterocycles. The van der Waals surface area contributed by atoms with Crippen molar-refractivity contribution in [1.29, 1.82) is 0 Å². The number of amides is 1. The third-order valence-electron chi connectivity index (χ3n) is 4.29. The van der Waals surface area contributed by atoms with E-state index in [-0.39, 0.29) is 11.4 Å². The maximum Gasteiger partial charge on any atom is 0.416 e. The first-order valence-electron chi connectivity index (χ1n) is 8.49. The van der Waals surface area contributed by atoms with E-state index < -0.39 is 17.6 Å². The Morgan fingerprint density at radius 2 is 1.85 bits per heavy atom. The van der Waals surface area contributed by atoms with Crippen molar-refractivity contribution < 1.29 is 18.0 Å². The highest BCUT2D eigenvalue weighted by Crippen LogP contribution is 2.30. The minimum absolute atomic E-state index is 0.0385. The van der Waals surface area contributed by atoms with Gasteiger partial charge in [0.2, 0.25) is 0 Å². The number of halogens is 3. The molecule has 0 aliphatic heterocycles. The Kier molecular flexibility index (Phi) is 5.39. The summed E-state index contributed by atoms with van der Waals surface area (Å²) in [6.07, 6.45) is 4.10. The van der Waals surface area contributed by atoms with Crippen molar-refractivity contribution in [3.8, 4) is 0 Å². The maximum atomic E-state index is 12.7. The van der Waals surface area contributed by atoms with Crippen LogP contribution < -0.4 is 10.6 Å². The first-order chi connectivity index (χ1) is 12.4. The molecule has 2 N–H and O–H groups in total. The van der Waals surface area contributed by atoms with Crippen LogP contribution in [0.25, 0.3) is 0 Å². The highest BCUT2D eigenvalue weighted by molar-refractivity contribution is 6.02. The van der Waals surface area contributed by atoms with Gasteiger partial charge in [0.15, 0.2) is 0 Å². The van der Waals surface area contributed by atoms with Crippen molar-refractivity contribution >= 4 is 17.4 Å². The number of carbonyl (C=O) groups is 1. The fourth-order valence-corrected chi connectivity index (χ4v) is 2.94. The molecule has 1 fully saturated rings. The lowest BCUT2D eigenvalue weighted by Crippen LogP contribution is -2.23. The van der Waals surface area contributed by atoms with Crippen LogP contribution in [0.1, 0.15) is 48.2 Å². The van der Waals surface area contributed by atoms with Crippen LogP contribution in [-0.2, 0) is 6.18 Å². The minimum atomic E-state index is -4.47. The molecular weight excluding hydrogens is 345 g/mol. The number of aromatic nitrogens is 2. The summed E-state index contributed by atoms with van der Waals surface area (Å²) in [5.74, 6) is -0.0199. The largest absolute Gasteiger partial charge is 0.416 e. The standard InChI is InChI=1S/C18H19F3N4O/c19-18(20,21)12-5-4-8-14(9-12)25-17(26)15-10-23-16(11-22-15)24-13-6-2-1-3-7-13/h4-5,8-11,13H,1-3,6-7H2,(H,23,24)(H,25,26). The first-order valence-corrected chi connectivity index (χ1v) is 8.49. The highest BCUT2D eigenvalue weighted by atomic mass is 19.4. The zero-order chi connectivity index (χ0) is 18.6. The maximum absolute atomic E-state index is 12.7. The third kappa shape index (κ3) is 4.71. The normalized spacial score (nSPS) is 15.5. The molecule has 0 radical (unpaired) electrons. The zero-order valence-corrected chi connectivity index (χ0v) is 14.0. The van der Waals surface area contributed by atoms with Crippen LogP contribution in [0.15, 0.2) is 36.7 Å². The second kappa shape index (κ2) is 7.72. The van der Waals surface area contributed by atoms with Crippen molar-refractivity contribution in [3.63, 3.8) is 0 Å². The Morgan fingerprint density at radius 3 is 2.50 bits per heavy atom. The lowest BCUT2D eigenvalue weighted by atomic mass is 9.96. The molecule has 1 aliphatic carbocycles. The van der Waals surface area contributed by atoms with E-state index in [0.717, 1.165) is 25.0 Å². The van der Waals surface area contributed by atoms with E-state index in [1.54, 1.807) is 0 Å². The highest BCUT2D eigenvalue weighted by Gasteiger charge is 2.30. The summed E-state index contributed by atoms with van der Waals surface area (Å²) in [7, 11) is 0. The monoisotopic (exact) mass is 364 g/mol. The van der Waals surface area contributed by atoms with Crippen LogP contribution >= 0.6 is 0 Å². The minimum Gasteiger partial charge on any atom is -0.366 e. The van der Waals surface area contributed by atoms with Crippen molar-refractivity contribution in [2.24, 2.45) is 0 Å². The van der Waals surface area contributed by atoms with Crippen LogP contribution in [0.2, 0.25) is 0 Å². The molecule has 0 saturated heterocycles. The van der Waals surface area contributed by atoms with Gasteiger partial charge in [0.05, 0.1) is 18.0 Å². The second-order valence-corrected chi connectivity index (χ2v) is 6.30. The molecule has 138 valence electrons. The Morgan fingerprint density at radius 1 is 1.08 bits per heavy atom. The lowest BCUT2D eigenvalue weighted by Gasteiger charge is -2.23. The number of nitrogens with zero attached hydrogens (tertiary/aromatic N) is 2. The number of benzene rings is 1. The van der Waals surface area contributed by atoms with E-state index in [2.05, 4.69) is 20.6 Å². The number of rotatable bonds is 4. The molecule has 1 aromatic heterocycles. The van der Waals surface area contributed by atoms with Gasteiger partial charge in [0, 0.05) is 11.7 Å². The average molecular weight is 364 g/mol. The molecule has 1 aromatic carbocycles. The molecule has 2 aromatic rings. The molecule has 1 saturated carbocycles. The van der Waals surface area contributed by atoms with Gasteiger partial charge < -0.3 is 10.6 Å². The van der Waals surface area contributed by atoms with Gasteiger partial charge in [-0.05, 0) is 31.0 Å². The number of anilines is 2. The van der Waals surface area contributed by atoms with E-state index in [4.69, 9.17) is 0 Å². The number of hydrogen-bond donors (Lipinski definition) is 2. The fraction of sp³-hybridized carbons (Fsp3) is 0.389. The van der Waals surface area contributed by atoms with Gasteiger partial charge in [-0.25, -0.2) is 9.97 Å². The van der Waals surface area contributed by atoms with E-state index in [1.165, 1.54) is 43.8 Å². The van der Waals surface area contributed by atoms with Gasteiger partial charge in [-0.15, -0.1) is 0 Å². The molecule has 0 spiro atoms. The second-order valence-electron chi connectivity index (χ2n) is 6.30. The first kappa shape index (κ1) is 18.2. The van der Waals surface area contributed by atoms with Gasteiger partial charge in [-0.2, -0.15) is 13.2 Å². The van der Waals surface area contributed by atoms with Gasteiger partial charge >= 0.3 is 6.18 Å². The molecule has 3 rings (SSSR count). The number of alkyl halides is 3. The predicted octanol–water partition coefficient (Wildman–Crippen LogP) is 4.49. The molecule has 0 atom stereocenters. The van der Waals surface area contributed by atoms with Gasteiger partial charge in [-0.1, -0.05) is 25.3 Å². The van der Waals surface area contributed by atoms with E-state index in [1.807, 2.05) is 0 Å². The summed E-state index contributed by atoms with van der Waals surface area (Å²) in [6.45, 7) is 0. The number of hydrogen-bond acceptors (Lipinski definition) is 4. The smallest absolute Gasteiger partial charge is 0.366 e. The molecule has 1 aliphatic rings. The van der Waals surface area contributed by atoms with Crippen LogP contribution in [-0.4, -0.2) is 21.9 Å². The molecule has 5 nitrogen and oxygen atoms in total. The quantitative estimate of drug-likeness (QED) is 0.839. The third-order valence-corrected chi connectivity index (χ3v) is 4.29. The molecule has 0 unspecified atom stereocenters. The summed E-state index contributed by atoms with van der Waals surface area (Å²) in [4.78, 5) is 20.4. The van der Waals surface area contributed by atoms with E-state index in [0.29, 0.717) is 11.9 Å². The summed E-state index contributed by atoms with van der Waals surface area (Å²) in [5, 5.41) is 5.70. The summed E-state index contributed by atoms with van der Waals surface area (Å²) < 4.78 is 38.2. The van der Waals surface area contributed by atoms with Crippen molar-refractivity contribution in [3.05, 3.63) is 47.9 Å². The van der Waals surface area contributed by atoms with Crippen molar-refractivity contribution in [2.45, 2.75) is 44.3 Å². The molecule has 8 heteroatoms. The van der Waals surface area contributed by atoms with Crippen LogP contribution in [0.4, 0.5) is 24.7 Å². The fourth-order valence-electron chi connectivity index (χ4n) is 2.94. The van der Waals surface area contributed by atoms with Crippen molar-refractivity contribution in [2.75, 3.05) is 10.6 Å². The molecule has 26 heavy (non-hydrogen) atoms. The summed E-state index contributed by atoms with van der Waals surface area (Å²) >= 11 is 0. The zero-order valence-electron chi connectivity index (χ0n) is 14.0. The summed E-state index contributed by atoms with van der Waals surface area (Å²) in [6, 6.07) is 4.81. The Hall–Kier alpha value is -2.64.